The van der Waals surface area contributed by atoms with Gasteiger partial charge in [0.2, 0.25) is 0 Å². The van der Waals surface area contributed by atoms with Crippen LogP contribution in [0.15, 0.2) is 0 Å². The average Bonchev–Trinajstić information content (AvgIpc) is 3.05. The molecular weight excluding hydrogens is 300 g/mol. The SMILES string of the molecule is CCCOCC[C@H]1[C@H]2OC(C)(C)O[C@H]2O[C@@H]1C1COC(C)(C)O1. The highest BCUT2D eigenvalue weighted by Gasteiger charge is 2.57. The minimum atomic E-state index is -0.602. The minimum Gasteiger partial charge on any atom is -0.381 e. The van der Waals surface area contributed by atoms with Gasteiger partial charge in [0.05, 0.1) is 12.7 Å². The summed E-state index contributed by atoms with van der Waals surface area (Å²) in [7, 11) is 0. The first-order valence-corrected chi connectivity index (χ1v) is 8.72. The first-order valence-electron chi connectivity index (χ1n) is 8.72. The summed E-state index contributed by atoms with van der Waals surface area (Å²) in [5, 5.41) is 0. The summed E-state index contributed by atoms with van der Waals surface area (Å²) in [6.45, 7) is 11.8. The van der Waals surface area contributed by atoms with Crippen LogP contribution in [-0.2, 0) is 28.4 Å². The predicted molar refractivity (Wildman–Crippen MR) is 82.8 cm³/mol. The van der Waals surface area contributed by atoms with Gasteiger partial charge >= 0.3 is 0 Å². The van der Waals surface area contributed by atoms with Crippen molar-refractivity contribution in [2.24, 2.45) is 5.92 Å². The van der Waals surface area contributed by atoms with Gasteiger partial charge in [-0.2, -0.15) is 0 Å². The van der Waals surface area contributed by atoms with Gasteiger partial charge in [-0.1, -0.05) is 6.92 Å². The summed E-state index contributed by atoms with van der Waals surface area (Å²) in [5.74, 6) is -0.980. The first-order chi connectivity index (χ1) is 10.8. The predicted octanol–water partition coefficient (Wildman–Crippen LogP) is 2.45. The molecule has 3 aliphatic heterocycles. The van der Waals surface area contributed by atoms with Crippen molar-refractivity contribution in [1.29, 1.82) is 0 Å². The fraction of sp³-hybridized carbons (Fsp3) is 1.00. The maximum absolute atomic E-state index is 6.16. The van der Waals surface area contributed by atoms with Crippen molar-refractivity contribution in [3.63, 3.8) is 0 Å². The lowest BCUT2D eigenvalue weighted by atomic mass is 9.92. The highest BCUT2D eigenvalue weighted by molar-refractivity contribution is 4.97. The van der Waals surface area contributed by atoms with Crippen LogP contribution in [0.5, 0.6) is 0 Å². The van der Waals surface area contributed by atoms with E-state index >= 15 is 0 Å². The third-order valence-electron chi connectivity index (χ3n) is 4.56. The Morgan fingerprint density at radius 2 is 1.74 bits per heavy atom. The molecule has 3 saturated heterocycles. The molecule has 3 fully saturated rings. The number of hydrogen-bond donors (Lipinski definition) is 0. The zero-order valence-electron chi connectivity index (χ0n) is 14.9. The molecule has 0 radical (unpaired) electrons. The van der Waals surface area contributed by atoms with E-state index in [1.54, 1.807) is 0 Å². The second kappa shape index (κ2) is 6.58. The van der Waals surface area contributed by atoms with Crippen LogP contribution >= 0.6 is 0 Å². The fourth-order valence-electron chi connectivity index (χ4n) is 3.63. The standard InChI is InChI=1S/C17H30O6/c1-6-8-18-9-7-11-13(12-10-19-16(2,3)21-12)20-15-14(11)22-17(4,5)23-15/h11-15H,6-10H2,1-5H3/t11-,12?,13+,14-,15-/m1/s1. The molecule has 3 rings (SSSR count). The van der Waals surface area contributed by atoms with Crippen LogP contribution < -0.4 is 0 Å². The molecule has 1 unspecified atom stereocenters. The van der Waals surface area contributed by atoms with E-state index in [9.17, 15) is 0 Å². The first kappa shape index (κ1) is 17.6. The lowest BCUT2D eigenvalue weighted by Gasteiger charge is -2.29. The van der Waals surface area contributed by atoms with Crippen LogP contribution in [0, 0.1) is 5.92 Å². The number of hydrogen-bond acceptors (Lipinski definition) is 6. The molecule has 3 heterocycles. The molecule has 0 aromatic heterocycles. The molecule has 6 nitrogen and oxygen atoms in total. The molecular formula is C17H30O6. The van der Waals surface area contributed by atoms with Gasteiger partial charge in [0, 0.05) is 19.1 Å². The molecule has 0 aromatic rings. The van der Waals surface area contributed by atoms with Gasteiger partial charge in [-0.15, -0.1) is 0 Å². The topological polar surface area (TPSA) is 55.4 Å². The Morgan fingerprint density at radius 1 is 0.957 bits per heavy atom. The van der Waals surface area contributed by atoms with Crippen LogP contribution in [0.2, 0.25) is 0 Å². The minimum absolute atomic E-state index is 0.0764. The van der Waals surface area contributed by atoms with E-state index in [2.05, 4.69) is 6.92 Å². The highest BCUT2D eigenvalue weighted by Crippen LogP contribution is 2.44. The Labute approximate surface area is 138 Å². The van der Waals surface area contributed by atoms with Gasteiger partial charge in [-0.05, 0) is 40.5 Å². The Kier molecular flexibility index (Phi) is 5.03. The normalized spacial score (nSPS) is 41.3. The van der Waals surface area contributed by atoms with Crippen molar-refractivity contribution in [3.8, 4) is 0 Å². The Hall–Kier alpha value is -0.240. The largest absolute Gasteiger partial charge is 0.381 e. The van der Waals surface area contributed by atoms with Gasteiger partial charge in [0.25, 0.3) is 0 Å². The molecule has 5 atom stereocenters. The summed E-state index contributed by atoms with van der Waals surface area (Å²) in [5.41, 5.74) is 0. The Balaban J connectivity index is 1.66. The van der Waals surface area contributed by atoms with Crippen LogP contribution in [0.1, 0.15) is 47.5 Å². The van der Waals surface area contributed by atoms with Crippen LogP contribution in [-0.4, -0.2) is 56.0 Å². The number of ether oxygens (including phenoxy) is 6. The summed E-state index contributed by atoms with van der Waals surface area (Å²) in [4.78, 5) is 0. The summed E-state index contributed by atoms with van der Waals surface area (Å²) >= 11 is 0. The molecule has 3 aliphatic rings. The second-order valence-corrected chi connectivity index (χ2v) is 7.50. The van der Waals surface area contributed by atoms with Crippen molar-refractivity contribution in [2.45, 2.75) is 83.6 Å². The Bertz CT molecular complexity index is 410. The molecule has 0 bridgehead atoms. The Morgan fingerprint density at radius 3 is 2.39 bits per heavy atom. The summed E-state index contributed by atoms with van der Waals surface area (Å²) < 4.78 is 35.5. The quantitative estimate of drug-likeness (QED) is 0.697. The van der Waals surface area contributed by atoms with E-state index in [4.69, 9.17) is 28.4 Å². The molecule has 0 N–H and O–H groups in total. The van der Waals surface area contributed by atoms with Gasteiger partial charge in [0.15, 0.2) is 17.9 Å². The smallest absolute Gasteiger partial charge is 0.187 e. The van der Waals surface area contributed by atoms with E-state index in [0.29, 0.717) is 13.2 Å². The monoisotopic (exact) mass is 330 g/mol. The maximum atomic E-state index is 6.16. The van der Waals surface area contributed by atoms with E-state index < -0.39 is 11.6 Å². The molecule has 0 aromatic carbocycles. The van der Waals surface area contributed by atoms with Gasteiger partial charge < -0.3 is 28.4 Å². The molecule has 23 heavy (non-hydrogen) atoms. The second-order valence-electron chi connectivity index (χ2n) is 7.50. The lowest BCUT2D eigenvalue weighted by Crippen LogP contribution is -2.39. The van der Waals surface area contributed by atoms with Crippen molar-refractivity contribution in [2.75, 3.05) is 19.8 Å². The summed E-state index contributed by atoms with van der Waals surface area (Å²) in [6.07, 6.45) is 1.30. The van der Waals surface area contributed by atoms with Gasteiger partial charge in [-0.3, -0.25) is 0 Å². The van der Waals surface area contributed by atoms with E-state index in [1.165, 1.54) is 0 Å². The number of fused-ring (bicyclic) bond motifs is 1. The van der Waals surface area contributed by atoms with E-state index in [1.807, 2.05) is 27.7 Å². The van der Waals surface area contributed by atoms with Crippen LogP contribution in [0.25, 0.3) is 0 Å². The average molecular weight is 330 g/mol. The van der Waals surface area contributed by atoms with Gasteiger partial charge in [-0.25, -0.2) is 0 Å². The van der Waals surface area contributed by atoms with Crippen molar-refractivity contribution in [3.05, 3.63) is 0 Å². The van der Waals surface area contributed by atoms with Crippen LogP contribution in [0.4, 0.5) is 0 Å². The maximum Gasteiger partial charge on any atom is 0.187 e. The molecule has 6 heteroatoms. The molecule has 0 spiro atoms. The van der Waals surface area contributed by atoms with E-state index in [-0.39, 0.29) is 30.5 Å². The van der Waals surface area contributed by atoms with Crippen molar-refractivity contribution < 1.29 is 28.4 Å². The highest BCUT2D eigenvalue weighted by atomic mass is 16.8. The van der Waals surface area contributed by atoms with E-state index in [0.717, 1.165) is 19.4 Å². The zero-order valence-corrected chi connectivity index (χ0v) is 14.9. The molecule has 0 amide bonds. The molecule has 134 valence electrons. The third-order valence-corrected chi connectivity index (χ3v) is 4.56. The zero-order chi connectivity index (χ0) is 16.7. The van der Waals surface area contributed by atoms with Gasteiger partial charge in [0.1, 0.15) is 12.2 Å². The van der Waals surface area contributed by atoms with Crippen molar-refractivity contribution in [1.82, 2.24) is 0 Å². The fourth-order valence-corrected chi connectivity index (χ4v) is 3.63. The summed E-state index contributed by atoms with van der Waals surface area (Å²) in [6, 6.07) is 0. The van der Waals surface area contributed by atoms with Crippen molar-refractivity contribution >= 4 is 0 Å². The van der Waals surface area contributed by atoms with Crippen LogP contribution in [0.3, 0.4) is 0 Å². The molecule has 0 saturated carbocycles. The lowest BCUT2D eigenvalue weighted by molar-refractivity contribution is -0.227. The number of rotatable bonds is 6. The molecule has 0 aliphatic carbocycles. The third kappa shape index (κ3) is 3.89.